The van der Waals surface area contributed by atoms with Crippen LogP contribution in [0, 0.1) is 0 Å². The van der Waals surface area contributed by atoms with Crippen molar-refractivity contribution in [2.45, 2.75) is 0 Å². The van der Waals surface area contributed by atoms with Gasteiger partial charge in [-0.05, 0) is 0 Å². The van der Waals surface area contributed by atoms with Crippen LogP contribution >= 0.6 is 11.6 Å². The Morgan fingerprint density at radius 3 is 1.00 bits per heavy atom. The van der Waals surface area contributed by atoms with Gasteiger partial charge in [-0.2, -0.15) is 0 Å². The molecule has 0 aliphatic carbocycles. The maximum absolute atomic E-state index is 11.0. The maximum Gasteiger partial charge on any atom is 0.149 e. The van der Waals surface area contributed by atoms with E-state index < -0.39 is 107 Å². The lowest BCUT2D eigenvalue weighted by Crippen LogP contribution is -1.93. The fraction of sp³-hybridized carbons (Fsp3) is 0. The Balaban J connectivity index is 2.15. The summed E-state index contributed by atoms with van der Waals surface area (Å²) in [5, 5.41) is 123. The number of benzene rings is 4. The third kappa shape index (κ3) is 3.72. The number of halogens is 1. The van der Waals surface area contributed by atoms with E-state index in [-0.39, 0.29) is 0 Å². The first-order valence-corrected chi connectivity index (χ1v) is 10.4. The van der Waals surface area contributed by atoms with Crippen molar-refractivity contribution in [1.82, 2.24) is 0 Å². The van der Waals surface area contributed by atoms with E-state index in [9.17, 15) is 61.3 Å². The summed E-state index contributed by atoms with van der Waals surface area (Å²) in [7, 11) is 0. The van der Waals surface area contributed by atoms with Gasteiger partial charge in [-0.3, -0.25) is 0 Å². The SMILES string of the molecule is Oc1cc(O)c(-c2c(O)cc(O)c(-c3c(O)c(Cl)c(O)c(-c4c(O)cc(O)cc4O)c3O)c2O)c(O)c1. The van der Waals surface area contributed by atoms with E-state index in [1.54, 1.807) is 0 Å². The lowest BCUT2D eigenvalue weighted by atomic mass is 9.90. The number of phenols is 12. The first-order valence-electron chi connectivity index (χ1n) is 10.0. The maximum atomic E-state index is 11.0. The van der Waals surface area contributed by atoms with Crippen LogP contribution in [0.5, 0.6) is 69.0 Å². The van der Waals surface area contributed by atoms with Gasteiger partial charge in [0.2, 0.25) is 0 Å². The molecule has 12 N–H and O–H groups in total. The normalized spacial score (nSPS) is 11.1. The van der Waals surface area contributed by atoms with Crippen molar-refractivity contribution in [2.24, 2.45) is 0 Å². The standard InChI is InChI=1S/C24H17ClO12/c25-20-23(36)18(15-10(30)3-7(27)4-11(15)31)22(35)19(24(20)37)17-13(33)5-12(32)16(21(17)34)14-8(28)1-6(26)2-9(14)29/h1-5,26-37H. The van der Waals surface area contributed by atoms with E-state index in [0.717, 1.165) is 24.3 Å². The summed E-state index contributed by atoms with van der Waals surface area (Å²) in [6.07, 6.45) is 0. The summed E-state index contributed by atoms with van der Waals surface area (Å²) in [4.78, 5) is 0. The molecule has 192 valence electrons. The van der Waals surface area contributed by atoms with Crippen molar-refractivity contribution in [3.8, 4) is 102 Å². The first kappa shape index (κ1) is 24.9. The zero-order valence-electron chi connectivity index (χ0n) is 18.1. The van der Waals surface area contributed by atoms with Gasteiger partial charge < -0.3 is 61.3 Å². The molecule has 0 atom stereocenters. The molecule has 0 fully saturated rings. The van der Waals surface area contributed by atoms with E-state index in [4.69, 9.17) is 11.6 Å². The Morgan fingerprint density at radius 1 is 0.324 bits per heavy atom. The summed E-state index contributed by atoms with van der Waals surface area (Å²) in [6, 6.07) is 3.64. The van der Waals surface area contributed by atoms with Crippen LogP contribution in [0.25, 0.3) is 33.4 Å². The molecule has 0 unspecified atom stereocenters. The lowest BCUT2D eigenvalue weighted by Gasteiger charge is -2.20. The van der Waals surface area contributed by atoms with E-state index >= 15 is 0 Å². The molecule has 4 rings (SSSR count). The highest BCUT2D eigenvalue weighted by Crippen LogP contribution is 2.61. The monoisotopic (exact) mass is 532 g/mol. The van der Waals surface area contributed by atoms with Gasteiger partial charge in [0.05, 0.1) is 33.4 Å². The minimum Gasteiger partial charge on any atom is -0.508 e. The van der Waals surface area contributed by atoms with Crippen LogP contribution in [0.15, 0.2) is 30.3 Å². The molecule has 37 heavy (non-hydrogen) atoms. The number of phenolic OH excluding ortho intramolecular Hbond substituents is 12. The molecule has 4 aromatic rings. The zero-order valence-corrected chi connectivity index (χ0v) is 18.9. The van der Waals surface area contributed by atoms with Crippen LogP contribution in [0.3, 0.4) is 0 Å². The van der Waals surface area contributed by atoms with Gasteiger partial charge >= 0.3 is 0 Å². The highest BCUT2D eigenvalue weighted by molar-refractivity contribution is 6.35. The summed E-state index contributed by atoms with van der Waals surface area (Å²) < 4.78 is 0. The molecule has 0 heterocycles. The molecule has 13 heteroatoms. The minimum atomic E-state index is -1.16. The average Bonchev–Trinajstić information content (AvgIpc) is 2.77. The molecule has 0 saturated heterocycles. The molecule has 0 aromatic heterocycles. The van der Waals surface area contributed by atoms with Crippen molar-refractivity contribution < 1.29 is 61.3 Å². The Hall–Kier alpha value is -5.23. The van der Waals surface area contributed by atoms with Gasteiger partial charge in [-0.25, -0.2) is 0 Å². The van der Waals surface area contributed by atoms with Crippen molar-refractivity contribution in [2.75, 3.05) is 0 Å². The fourth-order valence-electron chi connectivity index (χ4n) is 4.00. The molecule has 4 aromatic carbocycles. The fourth-order valence-corrected chi connectivity index (χ4v) is 4.18. The van der Waals surface area contributed by atoms with Gasteiger partial charge in [0.25, 0.3) is 0 Å². The van der Waals surface area contributed by atoms with Gasteiger partial charge in [-0.15, -0.1) is 0 Å². The van der Waals surface area contributed by atoms with Crippen molar-refractivity contribution in [3.05, 3.63) is 35.4 Å². The Morgan fingerprint density at radius 2 is 0.595 bits per heavy atom. The van der Waals surface area contributed by atoms with Crippen LogP contribution in [0.2, 0.25) is 5.02 Å². The van der Waals surface area contributed by atoms with Gasteiger partial charge in [0, 0.05) is 30.3 Å². The Kier molecular flexibility index (Phi) is 5.69. The highest BCUT2D eigenvalue weighted by Gasteiger charge is 2.33. The molecule has 0 bridgehead atoms. The summed E-state index contributed by atoms with van der Waals surface area (Å²) in [5.74, 6) is -10.8. The average molecular weight is 533 g/mol. The zero-order chi connectivity index (χ0) is 27.5. The van der Waals surface area contributed by atoms with E-state index in [1.807, 2.05) is 0 Å². The minimum absolute atomic E-state index is 0.574. The first-order chi connectivity index (χ1) is 17.3. The summed E-state index contributed by atoms with van der Waals surface area (Å²) in [5.41, 5.74) is -4.51. The number of rotatable bonds is 3. The smallest absolute Gasteiger partial charge is 0.149 e. The van der Waals surface area contributed by atoms with Crippen molar-refractivity contribution in [1.29, 1.82) is 0 Å². The Labute approximate surface area is 210 Å². The van der Waals surface area contributed by atoms with Crippen molar-refractivity contribution >= 4 is 11.6 Å². The predicted molar refractivity (Wildman–Crippen MR) is 128 cm³/mol. The topological polar surface area (TPSA) is 243 Å². The molecule has 0 aliphatic rings. The van der Waals surface area contributed by atoms with Gasteiger partial charge in [0.1, 0.15) is 74.0 Å². The Bertz CT molecular complexity index is 1570. The second kappa shape index (κ2) is 8.46. The number of aromatic hydroxyl groups is 12. The van der Waals surface area contributed by atoms with Gasteiger partial charge in [0.15, 0.2) is 0 Å². The van der Waals surface area contributed by atoms with E-state index in [1.165, 1.54) is 0 Å². The third-order valence-electron chi connectivity index (χ3n) is 5.54. The molecule has 0 saturated carbocycles. The third-order valence-corrected chi connectivity index (χ3v) is 5.89. The quantitative estimate of drug-likeness (QED) is 0.180. The van der Waals surface area contributed by atoms with Gasteiger partial charge in [-0.1, -0.05) is 11.6 Å². The molecule has 12 nitrogen and oxygen atoms in total. The molecule has 0 spiro atoms. The second-order valence-electron chi connectivity index (χ2n) is 7.84. The van der Waals surface area contributed by atoms with E-state index in [0.29, 0.717) is 6.07 Å². The largest absolute Gasteiger partial charge is 0.508 e. The lowest BCUT2D eigenvalue weighted by molar-refractivity contribution is 0.414. The summed E-state index contributed by atoms with van der Waals surface area (Å²) >= 11 is 6.01. The molecule has 0 amide bonds. The molecule has 0 aliphatic heterocycles. The predicted octanol–water partition coefficient (Wildman–Crippen LogP) is 3.81. The number of hydrogen-bond acceptors (Lipinski definition) is 12. The molecular formula is C24H17ClO12. The van der Waals surface area contributed by atoms with E-state index in [2.05, 4.69) is 0 Å². The van der Waals surface area contributed by atoms with Crippen LogP contribution < -0.4 is 0 Å². The molecule has 0 radical (unpaired) electrons. The van der Waals surface area contributed by atoms with Crippen LogP contribution in [0.1, 0.15) is 0 Å². The summed E-state index contributed by atoms with van der Waals surface area (Å²) in [6.45, 7) is 0. The van der Waals surface area contributed by atoms with Crippen LogP contribution in [-0.4, -0.2) is 61.3 Å². The molecular weight excluding hydrogens is 516 g/mol. The number of hydrogen-bond donors (Lipinski definition) is 12. The van der Waals surface area contributed by atoms with Crippen molar-refractivity contribution in [3.63, 3.8) is 0 Å². The van der Waals surface area contributed by atoms with Crippen LogP contribution in [0.4, 0.5) is 0 Å². The van der Waals surface area contributed by atoms with Crippen LogP contribution in [-0.2, 0) is 0 Å². The highest BCUT2D eigenvalue weighted by atomic mass is 35.5. The second-order valence-corrected chi connectivity index (χ2v) is 8.22.